The number of rotatable bonds is 27. The zero-order valence-electron chi connectivity index (χ0n) is 29.9. The lowest BCUT2D eigenvalue weighted by atomic mass is 10.0. The minimum atomic E-state index is -4.64. The molecular formula is C38H60NO8P. The van der Waals surface area contributed by atoms with Crippen LogP contribution in [-0.2, 0) is 39.1 Å². The highest BCUT2D eigenvalue weighted by atomic mass is 31.2. The quantitative estimate of drug-likeness (QED) is 0.0401. The number of nitrogens with zero attached hydrogens (tertiary/aromatic N) is 1. The number of likely N-dealkylation sites (N-methyl/N-ethyl adjacent to an activating group) is 1. The molecule has 0 fully saturated rings. The number of ether oxygens (including phenoxy) is 2. The van der Waals surface area contributed by atoms with Gasteiger partial charge in [-0.05, 0) is 36.0 Å². The van der Waals surface area contributed by atoms with Crippen molar-refractivity contribution in [2.75, 3.05) is 47.5 Å². The van der Waals surface area contributed by atoms with E-state index in [1.54, 1.807) is 0 Å². The summed E-state index contributed by atoms with van der Waals surface area (Å²) >= 11 is 0. The van der Waals surface area contributed by atoms with Crippen molar-refractivity contribution in [2.45, 2.75) is 109 Å². The van der Waals surface area contributed by atoms with Crippen LogP contribution in [0.1, 0.15) is 102 Å². The van der Waals surface area contributed by atoms with Gasteiger partial charge in [0.2, 0.25) is 0 Å². The molecule has 0 saturated carbocycles. The molecule has 270 valence electrons. The molecule has 2 atom stereocenters. The van der Waals surface area contributed by atoms with E-state index in [0.29, 0.717) is 23.9 Å². The minimum absolute atomic E-state index is 0.0466. The fourth-order valence-corrected chi connectivity index (χ4v) is 5.85. The number of carbonyl (C=O) groups excluding carboxylic acids is 2. The molecule has 0 spiro atoms. The van der Waals surface area contributed by atoms with Crippen molar-refractivity contribution in [3.8, 4) is 11.1 Å². The number of esters is 2. The number of benzene rings is 2. The van der Waals surface area contributed by atoms with Crippen LogP contribution in [0.5, 0.6) is 0 Å². The summed E-state index contributed by atoms with van der Waals surface area (Å²) in [5, 5.41) is 0. The SMILES string of the molecule is CCCCCCCCCCCCCC(=O)OC[C@H](COP(=O)([O-])OCC[N+](C)(C)C)OC(=O)CCCc1ccc(-c2ccccc2)cc1. The maximum absolute atomic E-state index is 12.7. The van der Waals surface area contributed by atoms with Gasteiger partial charge < -0.3 is 27.9 Å². The highest BCUT2D eigenvalue weighted by Gasteiger charge is 2.21. The lowest BCUT2D eigenvalue weighted by Crippen LogP contribution is -2.37. The molecule has 0 radical (unpaired) electrons. The molecule has 0 aliphatic heterocycles. The number of hydrogen-bond acceptors (Lipinski definition) is 8. The lowest BCUT2D eigenvalue weighted by molar-refractivity contribution is -0.870. The van der Waals surface area contributed by atoms with Gasteiger partial charge in [-0.25, -0.2) is 0 Å². The fourth-order valence-electron chi connectivity index (χ4n) is 5.12. The Labute approximate surface area is 289 Å². The third-order valence-corrected chi connectivity index (χ3v) is 9.01. The van der Waals surface area contributed by atoms with Gasteiger partial charge >= 0.3 is 11.9 Å². The summed E-state index contributed by atoms with van der Waals surface area (Å²) in [6.07, 6.45) is 13.5. The number of quaternary nitrogens is 1. The highest BCUT2D eigenvalue weighted by molar-refractivity contribution is 7.45. The van der Waals surface area contributed by atoms with Gasteiger partial charge in [-0.2, -0.15) is 0 Å². The van der Waals surface area contributed by atoms with Crippen molar-refractivity contribution in [1.29, 1.82) is 0 Å². The summed E-state index contributed by atoms with van der Waals surface area (Å²) in [5.74, 6) is -0.923. The molecule has 0 heterocycles. The van der Waals surface area contributed by atoms with Gasteiger partial charge in [-0.3, -0.25) is 14.2 Å². The molecule has 0 aromatic heterocycles. The Morgan fingerprint density at radius 1 is 0.708 bits per heavy atom. The average Bonchev–Trinajstić information content (AvgIpc) is 3.05. The van der Waals surface area contributed by atoms with Crippen molar-refractivity contribution < 1.29 is 42.1 Å². The molecule has 2 aromatic carbocycles. The lowest BCUT2D eigenvalue weighted by Gasteiger charge is -2.28. The molecule has 0 bridgehead atoms. The van der Waals surface area contributed by atoms with E-state index in [0.717, 1.165) is 36.0 Å². The minimum Gasteiger partial charge on any atom is -0.756 e. The smallest absolute Gasteiger partial charge is 0.306 e. The largest absolute Gasteiger partial charge is 0.756 e. The number of carbonyl (C=O) groups is 2. The summed E-state index contributed by atoms with van der Waals surface area (Å²) in [6.45, 7) is 1.85. The van der Waals surface area contributed by atoms with Gasteiger partial charge in [-0.15, -0.1) is 0 Å². The third-order valence-electron chi connectivity index (χ3n) is 8.05. The Bertz CT molecular complexity index is 1200. The molecule has 2 aromatic rings. The second-order valence-corrected chi connectivity index (χ2v) is 15.0. The molecule has 48 heavy (non-hydrogen) atoms. The van der Waals surface area contributed by atoms with Gasteiger partial charge in [0.05, 0.1) is 27.7 Å². The molecule has 0 amide bonds. The van der Waals surface area contributed by atoms with Crippen LogP contribution in [0.4, 0.5) is 0 Å². The summed E-state index contributed by atoms with van der Waals surface area (Å²) in [5.41, 5.74) is 3.36. The van der Waals surface area contributed by atoms with Crippen LogP contribution in [0.2, 0.25) is 0 Å². The summed E-state index contributed by atoms with van der Waals surface area (Å²) in [7, 11) is 1.11. The summed E-state index contributed by atoms with van der Waals surface area (Å²) in [4.78, 5) is 37.5. The van der Waals surface area contributed by atoms with Crippen LogP contribution in [0.15, 0.2) is 54.6 Å². The summed E-state index contributed by atoms with van der Waals surface area (Å²) in [6, 6.07) is 18.3. The molecule has 10 heteroatoms. The number of unbranched alkanes of at least 4 members (excludes halogenated alkanes) is 10. The first-order valence-corrected chi connectivity index (χ1v) is 19.3. The van der Waals surface area contributed by atoms with Crippen LogP contribution >= 0.6 is 7.82 Å². The summed E-state index contributed by atoms with van der Waals surface area (Å²) < 4.78 is 33.8. The second kappa shape index (κ2) is 23.7. The van der Waals surface area contributed by atoms with Gasteiger partial charge in [-0.1, -0.05) is 126 Å². The maximum atomic E-state index is 12.7. The van der Waals surface area contributed by atoms with E-state index in [2.05, 4.69) is 31.2 Å². The molecular weight excluding hydrogens is 629 g/mol. The van der Waals surface area contributed by atoms with Crippen LogP contribution < -0.4 is 4.89 Å². The highest BCUT2D eigenvalue weighted by Crippen LogP contribution is 2.38. The number of phosphoric ester groups is 1. The fraction of sp³-hybridized carbons (Fsp3) is 0.632. The van der Waals surface area contributed by atoms with Crippen LogP contribution in [-0.4, -0.2) is 70.0 Å². The van der Waals surface area contributed by atoms with Crippen molar-refractivity contribution >= 4 is 19.8 Å². The van der Waals surface area contributed by atoms with Gasteiger partial charge in [0.25, 0.3) is 7.82 Å². The first kappa shape index (κ1) is 41.6. The predicted octanol–water partition coefficient (Wildman–Crippen LogP) is 8.04. The van der Waals surface area contributed by atoms with Crippen molar-refractivity contribution in [1.82, 2.24) is 0 Å². The van der Waals surface area contributed by atoms with Gasteiger partial charge in [0.15, 0.2) is 6.10 Å². The molecule has 0 aliphatic carbocycles. The zero-order valence-corrected chi connectivity index (χ0v) is 30.8. The Morgan fingerprint density at radius 3 is 1.88 bits per heavy atom. The standard InChI is InChI=1S/C38H60NO8P/c1-5-6-7-8-9-10-11-12-13-14-18-23-37(40)44-31-36(32-46-48(42,43)45-30-29-39(2,3)4)47-38(41)24-19-20-33-25-27-35(28-26-33)34-21-16-15-17-22-34/h15-17,21-22,25-28,36H,5-14,18-20,23-24,29-32H2,1-4H3/t36-/m1/s1. The average molecular weight is 690 g/mol. The topological polar surface area (TPSA) is 111 Å². The Kier molecular flexibility index (Phi) is 20.6. The van der Waals surface area contributed by atoms with Crippen LogP contribution in [0.3, 0.4) is 0 Å². The van der Waals surface area contributed by atoms with E-state index in [9.17, 15) is 19.0 Å². The van der Waals surface area contributed by atoms with E-state index < -0.39 is 32.5 Å². The molecule has 0 aliphatic rings. The van der Waals surface area contributed by atoms with Crippen molar-refractivity contribution in [3.63, 3.8) is 0 Å². The van der Waals surface area contributed by atoms with Crippen LogP contribution in [0, 0.1) is 0 Å². The van der Waals surface area contributed by atoms with Crippen molar-refractivity contribution in [2.24, 2.45) is 0 Å². The Morgan fingerprint density at radius 2 is 1.27 bits per heavy atom. The second-order valence-electron chi connectivity index (χ2n) is 13.6. The number of aryl methyl sites for hydroxylation is 1. The first-order chi connectivity index (χ1) is 23.0. The van der Waals surface area contributed by atoms with Crippen molar-refractivity contribution in [3.05, 3.63) is 60.2 Å². The molecule has 0 saturated heterocycles. The monoisotopic (exact) mass is 689 g/mol. The van der Waals surface area contributed by atoms with E-state index >= 15 is 0 Å². The maximum Gasteiger partial charge on any atom is 0.306 e. The first-order valence-electron chi connectivity index (χ1n) is 17.9. The van der Waals surface area contributed by atoms with Gasteiger partial charge in [0, 0.05) is 12.8 Å². The molecule has 0 N–H and O–H groups in total. The Balaban J connectivity index is 1.77. The Hall–Kier alpha value is -2.55. The molecule has 2 rings (SSSR count). The third kappa shape index (κ3) is 20.7. The van der Waals surface area contributed by atoms with E-state index in [1.807, 2.05) is 51.5 Å². The molecule has 1 unspecified atom stereocenters. The number of hydrogen-bond donors (Lipinski definition) is 0. The van der Waals surface area contributed by atoms with Gasteiger partial charge in [0.1, 0.15) is 19.8 Å². The van der Waals surface area contributed by atoms with E-state index in [4.69, 9.17) is 18.5 Å². The van der Waals surface area contributed by atoms with Crippen LogP contribution in [0.25, 0.3) is 11.1 Å². The predicted molar refractivity (Wildman–Crippen MR) is 189 cm³/mol. The van der Waals surface area contributed by atoms with E-state index in [1.165, 1.54) is 51.4 Å². The molecule has 9 nitrogen and oxygen atoms in total. The van der Waals surface area contributed by atoms with E-state index in [-0.39, 0.29) is 26.1 Å². The zero-order chi connectivity index (χ0) is 35.1. The normalized spacial score (nSPS) is 13.5. The number of phosphoric acid groups is 1.